The summed E-state index contributed by atoms with van der Waals surface area (Å²) in [6, 6.07) is 0. The number of aryl methyl sites for hydroxylation is 1. The summed E-state index contributed by atoms with van der Waals surface area (Å²) >= 11 is 0. The Labute approximate surface area is 136 Å². The maximum atomic E-state index is 11.5. The van der Waals surface area contributed by atoms with Crippen molar-refractivity contribution in [3.63, 3.8) is 0 Å². The first-order valence-corrected chi connectivity index (χ1v) is 7.47. The number of rotatable bonds is 2. The van der Waals surface area contributed by atoms with Gasteiger partial charge in [0.05, 0.1) is 6.33 Å². The van der Waals surface area contributed by atoms with E-state index in [0.29, 0.717) is 17.0 Å². The monoisotopic (exact) mass is 335 g/mol. The first-order chi connectivity index (χ1) is 11.3. The minimum absolute atomic E-state index is 0.254. The molecule has 2 aromatic heterocycles. The molecule has 0 aliphatic carbocycles. The van der Waals surface area contributed by atoms with Gasteiger partial charge in [-0.2, -0.15) is 0 Å². The topological polar surface area (TPSA) is 135 Å². The minimum atomic E-state index is -1.14. The number of carboxylic acid groups (broad SMARTS) is 1. The molecule has 0 bridgehead atoms. The van der Waals surface area contributed by atoms with E-state index in [1.165, 1.54) is 6.33 Å². The van der Waals surface area contributed by atoms with Crippen molar-refractivity contribution < 1.29 is 24.1 Å². The van der Waals surface area contributed by atoms with Crippen LogP contribution in [0.2, 0.25) is 0 Å². The second-order valence-electron chi connectivity index (χ2n) is 6.33. The summed E-state index contributed by atoms with van der Waals surface area (Å²) in [5.41, 5.74) is 6.77. The molecular weight excluding hydrogens is 318 g/mol. The van der Waals surface area contributed by atoms with Crippen molar-refractivity contribution in [2.45, 2.75) is 51.1 Å². The highest BCUT2D eigenvalue weighted by Crippen LogP contribution is 2.43. The molecule has 0 aromatic carbocycles. The van der Waals surface area contributed by atoms with E-state index in [-0.39, 0.29) is 5.82 Å². The molecule has 2 aliphatic rings. The maximum absolute atomic E-state index is 11.5. The summed E-state index contributed by atoms with van der Waals surface area (Å²) in [6.45, 7) is 5.18. The van der Waals surface area contributed by atoms with Crippen LogP contribution in [0.25, 0.3) is 11.2 Å². The number of hydrogen-bond donors (Lipinski definition) is 2. The molecule has 10 nitrogen and oxygen atoms in total. The Morgan fingerprint density at radius 2 is 2.04 bits per heavy atom. The number of fused-ring (bicyclic) bond motifs is 2. The number of anilines is 1. The molecule has 0 radical (unpaired) electrons. The molecule has 3 N–H and O–H groups in total. The van der Waals surface area contributed by atoms with Crippen LogP contribution < -0.4 is 5.73 Å². The molecule has 0 amide bonds. The van der Waals surface area contributed by atoms with Crippen LogP contribution in [0.1, 0.15) is 25.9 Å². The third-order valence-electron chi connectivity index (χ3n) is 4.11. The van der Waals surface area contributed by atoms with Gasteiger partial charge in [-0.25, -0.2) is 19.7 Å². The fourth-order valence-corrected chi connectivity index (χ4v) is 3.24. The highest BCUT2D eigenvalue weighted by molar-refractivity contribution is 5.81. The number of carboxylic acids is 1. The minimum Gasteiger partial charge on any atom is -0.479 e. The molecule has 4 rings (SSSR count). The Morgan fingerprint density at radius 3 is 2.75 bits per heavy atom. The lowest BCUT2D eigenvalue weighted by molar-refractivity contribution is -0.202. The normalized spacial score (nSPS) is 31.5. The van der Waals surface area contributed by atoms with E-state index in [1.54, 1.807) is 25.3 Å². The van der Waals surface area contributed by atoms with Crippen LogP contribution in [0, 0.1) is 6.92 Å². The third kappa shape index (κ3) is 2.14. The van der Waals surface area contributed by atoms with Crippen molar-refractivity contribution in [3.8, 4) is 0 Å². The largest absolute Gasteiger partial charge is 0.479 e. The highest BCUT2D eigenvalue weighted by Gasteiger charge is 2.58. The van der Waals surface area contributed by atoms with Crippen molar-refractivity contribution >= 4 is 23.0 Å². The van der Waals surface area contributed by atoms with E-state index in [1.807, 2.05) is 0 Å². The Bertz CT molecular complexity index is 834. The average molecular weight is 335 g/mol. The van der Waals surface area contributed by atoms with Crippen LogP contribution >= 0.6 is 0 Å². The van der Waals surface area contributed by atoms with E-state index < -0.39 is 36.3 Å². The molecule has 10 heteroatoms. The van der Waals surface area contributed by atoms with Gasteiger partial charge in [0.25, 0.3) is 0 Å². The van der Waals surface area contributed by atoms with Gasteiger partial charge in [-0.05, 0) is 20.8 Å². The molecule has 4 atom stereocenters. The zero-order valence-electron chi connectivity index (χ0n) is 13.3. The smallest absolute Gasteiger partial charge is 0.335 e. The second-order valence-corrected chi connectivity index (χ2v) is 6.33. The number of nitrogens with two attached hydrogens (primary N) is 1. The Morgan fingerprint density at radius 1 is 1.33 bits per heavy atom. The fourth-order valence-electron chi connectivity index (χ4n) is 3.24. The van der Waals surface area contributed by atoms with E-state index in [4.69, 9.17) is 19.9 Å². The van der Waals surface area contributed by atoms with Gasteiger partial charge in [0.15, 0.2) is 29.6 Å². The molecule has 4 heterocycles. The van der Waals surface area contributed by atoms with Crippen molar-refractivity contribution in [3.05, 3.63) is 12.2 Å². The van der Waals surface area contributed by atoms with E-state index >= 15 is 0 Å². The molecule has 2 unspecified atom stereocenters. The van der Waals surface area contributed by atoms with Crippen LogP contribution in [0.3, 0.4) is 0 Å². The Kier molecular flexibility index (Phi) is 3.08. The first-order valence-electron chi connectivity index (χ1n) is 7.47. The van der Waals surface area contributed by atoms with Gasteiger partial charge >= 0.3 is 5.97 Å². The van der Waals surface area contributed by atoms with E-state index in [2.05, 4.69) is 15.0 Å². The van der Waals surface area contributed by atoms with Crippen molar-refractivity contribution in [2.24, 2.45) is 0 Å². The highest BCUT2D eigenvalue weighted by atomic mass is 16.8. The third-order valence-corrected chi connectivity index (χ3v) is 4.11. The zero-order valence-corrected chi connectivity index (χ0v) is 13.3. The molecule has 0 spiro atoms. The van der Waals surface area contributed by atoms with Crippen molar-refractivity contribution in [1.29, 1.82) is 0 Å². The van der Waals surface area contributed by atoms with E-state index in [0.717, 1.165) is 0 Å². The van der Waals surface area contributed by atoms with Crippen LogP contribution in [0.5, 0.6) is 0 Å². The quantitative estimate of drug-likeness (QED) is 0.790. The van der Waals surface area contributed by atoms with Gasteiger partial charge in [0, 0.05) is 0 Å². The van der Waals surface area contributed by atoms with Crippen LogP contribution in [-0.2, 0) is 19.0 Å². The Hall–Kier alpha value is -2.30. The maximum Gasteiger partial charge on any atom is 0.335 e. The first kappa shape index (κ1) is 15.2. The number of carbonyl (C=O) groups is 1. The van der Waals surface area contributed by atoms with Gasteiger partial charge in [0.1, 0.15) is 23.5 Å². The Balaban J connectivity index is 1.80. The number of aromatic nitrogens is 4. The lowest BCUT2D eigenvalue weighted by Gasteiger charge is -2.23. The van der Waals surface area contributed by atoms with Gasteiger partial charge in [-0.1, -0.05) is 0 Å². The summed E-state index contributed by atoms with van der Waals surface area (Å²) in [4.78, 5) is 24.1. The number of hydrogen-bond acceptors (Lipinski definition) is 8. The molecule has 128 valence electrons. The number of nitrogens with zero attached hydrogens (tertiary/aromatic N) is 4. The number of ether oxygens (including phenoxy) is 3. The average Bonchev–Trinajstić information content (AvgIpc) is 3.09. The molecule has 2 saturated heterocycles. The zero-order chi connectivity index (χ0) is 17.2. The predicted octanol–water partition coefficient (Wildman–Crippen LogP) is 0.219. The predicted molar refractivity (Wildman–Crippen MR) is 79.8 cm³/mol. The standard InChI is InChI=1S/C14H17N5O5/c1-5-17-10(15)6-11(18-5)19(4-16-6)12-8-7(9(22-12)13(20)21)23-14(2,3)24-8/h4,7-9,12H,1-3H3,(H,20,21)(H2,15,17,18)/t7-,8+,9?,12?/m0/s1. The van der Waals surface area contributed by atoms with Crippen molar-refractivity contribution in [2.75, 3.05) is 5.73 Å². The number of nitrogen functional groups attached to an aromatic ring is 1. The van der Waals surface area contributed by atoms with E-state index in [9.17, 15) is 9.90 Å². The summed E-state index contributed by atoms with van der Waals surface area (Å²) in [6.07, 6.45) is -1.71. The molecule has 2 aromatic rings. The fraction of sp³-hybridized carbons (Fsp3) is 0.571. The number of imidazole rings is 1. The summed E-state index contributed by atoms with van der Waals surface area (Å²) in [7, 11) is 0. The SMILES string of the molecule is Cc1nc(N)c2ncn(C3OC(C(=O)O)[C@H]4OC(C)(C)O[C@@H]34)c2n1. The van der Waals surface area contributed by atoms with Crippen molar-refractivity contribution in [1.82, 2.24) is 19.5 Å². The molecule has 24 heavy (non-hydrogen) atoms. The molecular formula is C14H17N5O5. The second kappa shape index (κ2) is 4.85. The van der Waals surface area contributed by atoms with Crippen LogP contribution in [0.15, 0.2) is 6.33 Å². The summed E-state index contributed by atoms with van der Waals surface area (Å²) in [5.74, 6) is -1.27. The van der Waals surface area contributed by atoms with Gasteiger partial charge < -0.3 is 25.1 Å². The number of aliphatic carboxylic acids is 1. The molecule has 2 aliphatic heterocycles. The summed E-state index contributed by atoms with van der Waals surface area (Å²) < 4.78 is 18.9. The van der Waals surface area contributed by atoms with Gasteiger partial charge in [-0.3, -0.25) is 4.57 Å². The van der Waals surface area contributed by atoms with Gasteiger partial charge in [-0.15, -0.1) is 0 Å². The molecule has 0 saturated carbocycles. The van der Waals surface area contributed by atoms with Crippen LogP contribution in [0.4, 0.5) is 5.82 Å². The lowest BCUT2D eigenvalue weighted by atomic mass is 10.1. The van der Waals surface area contributed by atoms with Gasteiger partial charge in [0.2, 0.25) is 0 Å². The lowest BCUT2D eigenvalue weighted by Crippen LogP contribution is -2.35. The van der Waals surface area contributed by atoms with Crippen LogP contribution in [-0.4, -0.2) is 54.7 Å². The summed E-state index contributed by atoms with van der Waals surface area (Å²) in [5, 5.41) is 9.42. The molecule has 2 fully saturated rings.